The Kier molecular flexibility index (Phi) is 7.36. The number of hydrogen-bond donors (Lipinski definition) is 0. The van der Waals surface area contributed by atoms with E-state index in [2.05, 4.69) is 22.1 Å². The van der Waals surface area contributed by atoms with Crippen molar-refractivity contribution in [3.8, 4) is 0 Å². The summed E-state index contributed by atoms with van der Waals surface area (Å²) >= 11 is 3.28. The third-order valence-electron chi connectivity index (χ3n) is 3.75. The number of carbonyl (C=O) groups excluding carboxylic acids is 1. The number of carbonyl (C=O) groups is 1. The highest BCUT2D eigenvalue weighted by Crippen LogP contribution is 2.21. The van der Waals surface area contributed by atoms with E-state index >= 15 is 0 Å². The fourth-order valence-electron chi connectivity index (χ4n) is 2.36. The SMILES string of the molecule is CN(CCCSc1ccccc1)C(=O)c1ccc(CSc2ncccn2)o1. The van der Waals surface area contributed by atoms with E-state index in [4.69, 9.17) is 4.42 Å². The molecule has 0 saturated heterocycles. The van der Waals surface area contributed by atoms with Crippen molar-refractivity contribution in [3.63, 3.8) is 0 Å². The van der Waals surface area contributed by atoms with Gasteiger partial charge in [0.15, 0.2) is 10.9 Å². The zero-order chi connectivity index (χ0) is 18.9. The first kappa shape index (κ1) is 19.5. The molecule has 2 aromatic heterocycles. The van der Waals surface area contributed by atoms with Crippen molar-refractivity contribution < 1.29 is 9.21 Å². The standard InChI is InChI=1S/C20H21N3O2S2/c1-23(13-6-14-26-17-7-3-2-4-8-17)19(24)18-10-9-16(25-18)15-27-20-21-11-5-12-22-20/h2-5,7-12H,6,13-15H2,1H3. The molecule has 0 fully saturated rings. The molecule has 0 spiro atoms. The molecule has 1 amide bonds. The lowest BCUT2D eigenvalue weighted by Crippen LogP contribution is -2.27. The van der Waals surface area contributed by atoms with Crippen LogP contribution in [0.3, 0.4) is 0 Å². The molecule has 3 aromatic rings. The van der Waals surface area contributed by atoms with Crippen LogP contribution in [0.2, 0.25) is 0 Å². The molecule has 0 aliphatic carbocycles. The lowest BCUT2D eigenvalue weighted by Gasteiger charge is -2.15. The highest BCUT2D eigenvalue weighted by Gasteiger charge is 2.16. The Morgan fingerprint density at radius 3 is 2.59 bits per heavy atom. The smallest absolute Gasteiger partial charge is 0.289 e. The number of benzene rings is 1. The number of furan rings is 1. The summed E-state index contributed by atoms with van der Waals surface area (Å²) < 4.78 is 5.69. The number of hydrogen-bond acceptors (Lipinski definition) is 6. The van der Waals surface area contributed by atoms with Crippen LogP contribution in [0.5, 0.6) is 0 Å². The van der Waals surface area contributed by atoms with Crippen LogP contribution in [0.15, 0.2) is 75.4 Å². The summed E-state index contributed by atoms with van der Waals surface area (Å²) in [7, 11) is 1.81. The summed E-state index contributed by atoms with van der Waals surface area (Å²) in [5, 5.41) is 0.690. The van der Waals surface area contributed by atoms with E-state index in [0.717, 1.165) is 17.9 Å². The van der Waals surface area contributed by atoms with Gasteiger partial charge in [0.2, 0.25) is 0 Å². The van der Waals surface area contributed by atoms with E-state index in [1.807, 2.05) is 31.3 Å². The minimum Gasteiger partial charge on any atom is -0.455 e. The average Bonchev–Trinajstić information content (AvgIpc) is 3.19. The van der Waals surface area contributed by atoms with Crippen molar-refractivity contribution in [1.29, 1.82) is 0 Å². The molecular weight excluding hydrogens is 378 g/mol. The summed E-state index contributed by atoms with van der Waals surface area (Å²) in [4.78, 5) is 23.8. The maximum atomic E-state index is 12.5. The molecule has 0 bridgehead atoms. The van der Waals surface area contributed by atoms with E-state index in [9.17, 15) is 4.79 Å². The summed E-state index contributed by atoms with van der Waals surface area (Å²) in [6.07, 6.45) is 4.34. The molecule has 0 saturated carbocycles. The second-order valence-corrected chi connectivity index (χ2v) is 7.94. The highest BCUT2D eigenvalue weighted by atomic mass is 32.2. The molecule has 7 heteroatoms. The van der Waals surface area contributed by atoms with Crippen LogP contribution in [0.1, 0.15) is 22.7 Å². The first-order chi connectivity index (χ1) is 13.2. The Balaban J connectivity index is 1.42. The van der Waals surface area contributed by atoms with E-state index in [-0.39, 0.29) is 5.91 Å². The number of amides is 1. The zero-order valence-corrected chi connectivity index (χ0v) is 16.7. The van der Waals surface area contributed by atoms with Crippen molar-refractivity contribution in [3.05, 3.63) is 72.4 Å². The van der Waals surface area contributed by atoms with Gasteiger partial charge < -0.3 is 9.32 Å². The van der Waals surface area contributed by atoms with Crippen LogP contribution in [-0.4, -0.2) is 40.1 Å². The fourth-order valence-corrected chi connectivity index (χ4v) is 3.92. The summed E-state index contributed by atoms with van der Waals surface area (Å²) in [5.41, 5.74) is 0. The van der Waals surface area contributed by atoms with Crippen LogP contribution in [-0.2, 0) is 5.75 Å². The van der Waals surface area contributed by atoms with E-state index in [1.54, 1.807) is 41.2 Å². The summed E-state index contributed by atoms with van der Waals surface area (Å²) in [6.45, 7) is 0.696. The third kappa shape index (κ3) is 6.15. The molecule has 27 heavy (non-hydrogen) atoms. The average molecular weight is 400 g/mol. The minimum atomic E-state index is -0.0908. The van der Waals surface area contributed by atoms with Crippen LogP contribution in [0, 0.1) is 0 Å². The molecular formula is C20H21N3O2S2. The first-order valence-corrected chi connectivity index (χ1v) is 10.6. The van der Waals surface area contributed by atoms with Gasteiger partial charge in [0.25, 0.3) is 5.91 Å². The van der Waals surface area contributed by atoms with Gasteiger partial charge in [-0.2, -0.15) is 0 Å². The first-order valence-electron chi connectivity index (χ1n) is 8.64. The van der Waals surface area contributed by atoms with Crippen molar-refractivity contribution >= 4 is 29.4 Å². The van der Waals surface area contributed by atoms with Gasteiger partial charge >= 0.3 is 0 Å². The summed E-state index contributed by atoms with van der Waals surface area (Å²) in [5.74, 6) is 2.58. The minimum absolute atomic E-state index is 0.0908. The molecule has 0 aliphatic heterocycles. The van der Waals surface area contributed by atoms with E-state index < -0.39 is 0 Å². The molecule has 2 heterocycles. The quantitative estimate of drug-likeness (QED) is 0.297. The van der Waals surface area contributed by atoms with Crippen LogP contribution in [0.25, 0.3) is 0 Å². The topological polar surface area (TPSA) is 59.2 Å². The number of thioether (sulfide) groups is 2. The van der Waals surface area contributed by atoms with Gasteiger partial charge in [-0.15, -0.1) is 11.8 Å². The van der Waals surface area contributed by atoms with Crippen LogP contribution in [0.4, 0.5) is 0 Å². The third-order valence-corrected chi connectivity index (χ3v) is 5.75. The lowest BCUT2D eigenvalue weighted by atomic mass is 10.3. The second-order valence-electron chi connectivity index (χ2n) is 5.83. The van der Waals surface area contributed by atoms with Gasteiger partial charge in [0, 0.05) is 30.9 Å². The van der Waals surface area contributed by atoms with Crippen LogP contribution >= 0.6 is 23.5 Å². The summed E-state index contributed by atoms with van der Waals surface area (Å²) in [6, 6.07) is 15.6. The van der Waals surface area contributed by atoms with Gasteiger partial charge in [0.1, 0.15) is 5.76 Å². The Labute approximate surface area is 167 Å². The van der Waals surface area contributed by atoms with Gasteiger partial charge in [-0.1, -0.05) is 30.0 Å². The van der Waals surface area contributed by atoms with Gasteiger partial charge in [-0.25, -0.2) is 9.97 Å². The van der Waals surface area contributed by atoms with E-state index in [0.29, 0.717) is 23.2 Å². The molecule has 0 atom stereocenters. The predicted molar refractivity (Wildman–Crippen MR) is 109 cm³/mol. The maximum absolute atomic E-state index is 12.5. The Morgan fingerprint density at radius 1 is 1.04 bits per heavy atom. The second kappa shape index (κ2) is 10.2. The number of rotatable bonds is 9. The van der Waals surface area contributed by atoms with Crippen molar-refractivity contribution in [2.24, 2.45) is 0 Å². The molecule has 5 nitrogen and oxygen atoms in total. The highest BCUT2D eigenvalue weighted by molar-refractivity contribution is 7.99. The van der Waals surface area contributed by atoms with Crippen LogP contribution < -0.4 is 0 Å². The van der Waals surface area contributed by atoms with Crippen molar-refractivity contribution in [1.82, 2.24) is 14.9 Å². The normalized spacial score (nSPS) is 10.7. The molecule has 0 unspecified atom stereocenters. The van der Waals surface area contributed by atoms with Gasteiger partial charge in [0.05, 0.1) is 5.75 Å². The van der Waals surface area contributed by atoms with Gasteiger partial charge in [-0.05, 0) is 42.5 Å². The van der Waals surface area contributed by atoms with Crippen molar-refractivity contribution in [2.45, 2.75) is 22.2 Å². The molecule has 3 rings (SSSR count). The monoisotopic (exact) mass is 399 g/mol. The van der Waals surface area contributed by atoms with Gasteiger partial charge in [-0.3, -0.25) is 4.79 Å². The van der Waals surface area contributed by atoms with Crippen molar-refractivity contribution in [2.75, 3.05) is 19.3 Å². The fraction of sp³-hybridized carbons (Fsp3) is 0.250. The zero-order valence-electron chi connectivity index (χ0n) is 15.1. The Morgan fingerprint density at radius 2 is 1.81 bits per heavy atom. The lowest BCUT2D eigenvalue weighted by molar-refractivity contribution is 0.0762. The molecule has 0 radical (unpaired) electrons. The number of aromatic nitrogens is 2. The Bertz CT molecular complexity index is 841. The maximum Gasteiger partial charge on any atom is 0.289 e. The molecule has 0 N–H and O–H groups in total. The number of nitrogens with zero attached hydrogens (tertiary/aromatic N) is 3. The Hall–Kier alpha value is -2.25. The molecule has 0 aliphatic rings. The molecule has 1 aromatic carbocycles. The largest absolute Gasteiger partial charge is 0.455 e. The van der Waals surface area contributed by atoms with E-state index in [1.165, 1.54) is 16.7 Å². The predicted octanol–water partition coefficient (Wildman–Crippen LogP) is 4.62. The molecule has 140 valence electrons.